The average Bonchev–Trinajstić information content (AvgIpc) is 3.09. The number of carbonyl (C=O) groups is 2. The highest BCUT2D eigenvalue weighted by atomic mass is 16.5. The zero-order valence-electron chi connectivity index (χ0n) is 16.0. The molecule has 28 heavy (non-hydrogen) atoms. The van der Waals surface area contributed by atoms with Crippen LogP contribution in [0.4, 0.5) is 0 Å². The molecule has 2 aliphatic rings. The van der Waals surface area contributed by atoms with E-state index in [2.05, 4.69) is 5.16 Å². The number of allylic oxidation sites excluding steroid dienone is 1. The molecule has 0 saturated carbocycles. The van der Waals surface area contributed by atoms with Gasteiger partial charge >= 0.3 is 0 Å². The monoisotopic (exact) mass is 382 g/mol. The molecule has 1 aromatic carbocycles. The van der Waals surface area contributed by atoms with Gasteiger partial charge in [0, 0.05) is 5.92 Å². The van der Waals surface area contributed by atoms with Crippen LogP contribution >= 0.6 is 0 Å². The number of Topliss-reactive ketones (excluding diaryl/α,β-unsaturated/α-hetero) is 1. The first-order valence-corrected chi connectivity index (χ1v) is 9.18. The maximum absolute atomic E-state index is 13.3. The molecule has 0 spiro atoms. The molecule has 7 heteroatoms. The molecule has 7 nitrogen and oxygen atoms in total. The Bertz CT molecular complexity index is 949. The topological polar surface area (TPSA) is 92.9 Å². The van der Waals surface area contributed by atoms with Crippen molar-refractivity contribution in [2.24, 2.45) is 11.8 Å². The maximum Gasteiger partial charge on any atom is 0.265 e. The fraction of sp³-hybridized carbons (Fsp3) is 0.381. The first kappa shape index (κ1) is 18.6. The minimum Gasteiger partial charge on any atom is -0.470 e. The summed E-state index contributed by atoms with van der Waals surface area (Å²) in [5, 5.41) is 15.2. The van der Waals surface area contributed by atoms with E-state index in [-0.39, 0.29) is 24.0 Å². The number of ether oxygens (including phenoxy) is 1. The molecule has 146 valence electrons. The summed E-state index contributed by atoms with van der Waals surface area (Å²) in [6.07, 6.45) is 3.01. The van der Waals surface area contributed by atoms with E-state index < -0.39 is 29.1 Å². The lowest BCUT2D eigenvalue weighted by Crippen LogP contribution is -2.61. The first-order chi connectivity index (χ1) is 13.4. The molecule has 0 saturated heterocycles. The van der Waals surface area contributed by atoms with Crippen LogP contribution in [0.2, 0.25) is 0 Å². The van der Waals surface area contributed by atoms with Crippen molar-refractivity contribution in [1.82, 2.24) is 10.1 Å². The van der Waals surface area contributed by atoms with Gasteiger partial charge in [-0.1, -0.05) is 43.3 Å². The number of benzene rings is 1. The zero-order valence-corrected chi connectivity index (χ0v) is 16.0. The quantitative estimate of drug-likeness (QED) is 0.810. The highest BCUT2D eigenvalue weighted by molar-refractivity contribution is 6.23. The Labute approximate surface area is 162 Å². The number of carbonyl (C=O) groups excluding carboxylic acids is 2. The van der Waals surface area contributed by atoms with Crippen molar-refractivity contribution in [3.63, 3.8) is 0 Å². The lowest BCUT2D eigenvalue weighted by atomic mass is 9.61. The van der Waals surface area contributed by atoms with E-state index in [4.69, 9.17) is 9.26 Å². The highest BCUT2D eigenvalue weighted by Crippen LogP contribution is 2.51. The van der Waals surface area contributed by atoms with E-state index in [1.807, 2.05) is 56.3 Å². The predicted molar refractivity (Wildman–Crippen MR) is 99.8 cm³/mol. The van der Waals surface area contributed by atoms with Crippen LogP contribution in [0.15, 0.2) is 47.0 Å². The molecule has 0 amide bonds. The van der Waals surface area contributed by atoms with Gasteiger partial charge in [-0.15, -0.1) is 0 Å². The van der Waals surface area contributed by atoms with E-state index in [0.29, 0.717) is 5.76 Å². The van der Waals surface area contributed by atoms with Gasteiger partial charge in [-0.05, 0) is 36.8 Å². The summed E-state index contributed by atoms with van der Waals surface area (Å²) in [4.78, 5) is 27.7. The van der Waals surface area contributed by atoms with Crippen molar-refractivity contribution in [1.29, 1.82) is 0 Å². The molecule has 0 fully saturated rings. The Balaban J connectivity index is 1.78. The van der Waals surface area contributed by atoms with Crippen LogP contribution < -0.4 is 4.74 Å². The summed E-state index contributed by atoms with van der Waals surface area (Å²) >= 11 is 0. The van der Waals surface area contributed by atoms with E-state index in [9.17, 15) is 14.7 Å². The summed E-state index contributed by atoms with van der Waals surface area (Å²) in [5.74, 6) is -1.88. The number of rotatable bonds is 4. The SMILES string of the molecule is C[C@H]1C=CC(=O)[C@]2(O)C(=O)c3c(OCc4ccccc4)noc3[C@@H](N(C)C)[C@H]12. The molecule has 1 aromatic heterocycles. The highest BCUT2D eigenvalue weighted by Gasteiger charge is 2.62. The van der Waals surface area contributed by atoms with Crippen LogP contribution in [0.3, 0.4) is 0 Å². The van der Waals surface area contributed by atoms with Crippen molar-refractivity contribution in [3.05, 3.63) is 59.4 Å². The third kappa shape index (κ3) is 2.62. The van der Waals surface area contributed by atoms with Gasteiger partial charge in [0.05, 0.1) is 6.04 Å². The Morgan fingerprint density at radius 2 is 1.96 bits per heavy atom. The molecule has 0 bridgehead atoms. The minimum absolute atomic E-state index is 0.00224. The summed E-state index contributed by atoms with van der Waals surface area (Å²) in [6.45, 7) is 2.06. The van der Waals surface area contributed by atoms with Gasteiger partial charge in [0.25, 0.3) is 5.88 Å². The van der Waals surface area contributed by atoms with Crippen LogP contribution in [-0.2, 0) is 11.4 Å². The molecular formula is C21H22N2O5. The van der Waals surface area contributed by atoms with Crippen molar-refractivity contribution in [3.8, 4) is 5.88 Å². The molecule has 4 rings (SSSR count). The number of aliphatic hydroxyl groups is 1. The van der Waals surface area contributed by atoms with Gasteiger partial charge in [-0.3, -0.25) is 14.5 Å². The van der Waals surface area contributed by atoms with Gasteiger partial charge in [0.1, 0.15) is 12.2 Å². The van der Waals surface area contributed by atoms with Crippen LogP contribution in [-0.4, -0.2) is 46.4 Å². The lowest BCUT2D eigenvalue weighted by Gasteiger charge is -2.46. The van der Waals surface area contributed by atoms with E-state index in [1.165, 1.54) is 6.08 Å². The fourth-order valence-corrected chi connectivity index (χ4v) is 4.24. The van der Waals surface area contributed by atoms with E-state index in [1.54, 1.807) is 6.08 Å². The van der Waals surface area contributed by atoms with Crippen molar-refractivity contribution in [2.75, 3.05) is 14.1 Å². The Hall–Kier alpha value is -2.77. The summed E-state index contributed by atoms with van der Waals surface area (Å²) in [6, 6.07) is 8.93. The van der Waals surface area contributed by atoms with Crippen LogP contribution in [0, 0.1) is 11.8 Å². The molecular weight excluding hydrogens is 360 g/mol. The van der Waals surface area contributed by atoms with Crippen LogP contribution in [0.5, 0.6) is 5.88 Å². The molecule has 1 heterocycles. The van der Waals surface area contributed by atoms with Crippen molar-refractivity contribution < 1.29 is 24.0 Å². The Morgan fingerprint density at radius 1 is 1.25 bits per heavy atom. The van der Waals surface area contributed by atoms with Gasteiger partial charge < -0.3 is 14.4 Å². The Morgan fingerprint density at radius 3 is 2.64 bits per heavy atom. The first-order valence-electron chi connectivity index (χ1n) is 9.18. The number of aromatic nitrogens is 1. The third-order valence-electron chi connectivity index (χ3n) is 5.62. The Kier molecular flexibility index (Phi) is 4.44. The van der Waals surface area contributed by atoms with Crippen molar-refractivity contribution in [2.45, 2.75) is 25.2 Å². The fourth-order valence-electron chi connectivity index (χ4n) is 4.24. The lowest BCUT2D eigenvalue weighted by molar-refractivity contribution is -0.139. The van der Waals surface area contributed by atoms with Crippen LogP contribution in [0.25, 0.3) is 0 Å². The van der Waals surface area contributed by atoms with Gasteiger partial charge in [-0.25, -0.2) is 0 Å². The third-order valence-corrected chi connectivity index (χ3v) is 5.62. The van der Waals surface area contributed by atoms with Crippen LogP contribution in [0.1, 0.15) is 34.6 Å². The molecule has 0 aliphatic heterocycles. The van der Waals surface area contributed by atoms with Crippen molar-refractivity contribution >= 4 is 11.6 Å². The second-order valence-corrected chi connectivity index (χ2v) is 7.61. The summed E-state index contributed by atoms with van der Waals surface area (Å²) in [7, 11) is 3.63. The van der Waals surface area contributed by atoms with Gasteiger partial charge in [0.2, 0.25) is 5.78 Å². The summed E-state index contributed by atoms with van der Waals surface area (Å²) < 4.78 is 11.2. The van der Waals surface area contributed by atoms with Gasteiger partial charge in [0.15, 0.2) is 17.1 Å². The van der Waals surface area contributed by atoms with E-state index >= 15 is 0 Å². The average molecular weight is 382 g/mol. The number of nitrogens with zero attached hydrogens (tertiary/aromatic N) is 2. The largest absolute Gasteiger partial charge is 0.470 e. The maximum atomic E-state index is 13.3. The number of hydrogen-bond acceptors (Lipinski definition) is 7. The molecule has 0 radical (unpaired) electrons. The minimum atomic E-state index is -2.16. The smallest absolute Gasteiger partial charge is 0.265 e. The summed E-state index contributed by atoms with van der Waals surface area (Å²) in [5.41, 5.74) is -1.22. The van der Waals surface area contributed by atoms with Gasteiger partial charge in [-0.2, -0.15) is 0 Å². The number of ketones is 2. The van der Waals surface area contributed by atoms with E-state index in [0.717, 1.165) is 5.56 Å². The zero-order chi connectivity index (χ0) is 20.1. The predicted octanol–water partition coefficient (Wildman–Crippen LogP) is 2.17. The second kappa shape index (κ2) is 6.68. The normalized spacial score (nSPS) is 29.0. The molecule has 2 aliphatic carbocycles. The second-order valence-electron chi connectivity index (χ2n) is 7.61. The molecule has 2 aromatic rings. The number of fused-ring (bicyclic) bond motifs is 2. The standard InChI is InChI=1S/C21H22N2O5/c1-12-9-10-14(24)21(26)16(12)17(23(2)3)18-15(19(21)25)20(22-28-18)27-11-13-7-5-4-6-8-13/h4-10,12,16-17,26H,11H2,1-3H3/t12-,16-,17-,21+/m0/s1. The molecule has 0 unspecified atom stereocenters. The molecule has 4 atom stereocenters. The number of hydrogen-bond donors (Lipinski definition) is 1. The molecule has 1 N–H and O–H groups in total.